The molecule has 6 heteroatoms. The summed E-state index contributed by atoms with van der Waals surface area (Å²) in [5.41, 5.74) is 0. The average Bonchev–Trinajstić information content (AvgIpc) is 2.09. The molecule has 0 unspecified atom stereocenters. The summed E-state index contributed by atoms with van der Waals surface area (Å²) in [6.07, 6.45) is 2.00. The van der Waals surface area contributed by atoms with Gasteiger partial charge >= 0.3 is 5.97 Å². The van der Waals surface area contributed by atoms with Crippen LogP contribution in [0.25, 0.3) is 0 Å². The van der Waals surface area contributed by atoms with Crippen LogP contribution in [0.15, 0.2) is 0 Å². The number of carboxylic acid groups (broad SMARTS) is 1. The Labute approximate surface area is 92.2 Å². The molecule has 14 heavy (non-hydrogen) atoms. The first kappa shape index (κ1) is 13.6. The average molecular weight is 237 g/mol. The van der Waals surface area contributed by atoms with Crippen molar-refractivity contribution in [2.24, 2.45) is 0 Å². The molecule has 0 saturated carbocycles. The van der Waals surface area contributed by atoms with E-state index in [0.717, 1.165) is 11.5 Å². The number of rotatable bonds is 7. The first-order valence-corrected chi connectivity index (χ1v) is 6.69. The standard InChI is InChI=1S/C8H15NO3S2/c1-6(10)9-7(8(11)12)5-14-4-3-13-2/h7H,3-5H2,1-2H3,(H,9,10)(H,11,12)/t7-/m0/s1. The molecule has 0 spiro atoms. The van der Waals surface area contributed by atoms with Crippen LogP contribution in [0.5, 0.6) is 0 Å². The lowest BCUT2D eigenvalue weighted by Gasteiger charge is -2.12. The van der Waals surface area contributed by atoms with Crippen LogP contribution >= 0.6 is 23.5 Å². The van der Waals surface area contributed by atoms with E-state index >= 15 is 0 Å². The maximum absolute atomic E-state index is 10.7. The van der Waals surface area contributed by atoms with Gasteiger partial charge in [-0.3, -0.25) is 4.79 Å². The summed E-state index contributed by atoms with van der Waals surface area (Å²) in [5, 5.41) is 11.1. The number of hydrogen-bond acceptors (Lipinski definition) is 4. The van der Waals surface area contributed by atoms with Crippen molar-refractivity contribution in [3.63, 3.8) is 0 Å². The molecular weight excluding hydrogens is 222 g/mol. The molecule has 4 nitrogen and oxygen atoms in total. The zero-order valence-electron chi connectivity index (χ0n) is 8.28. The normalized spacial score (nSPS) is 12.1. The molecule has 0 rings (SSSR count). The van der Waals surface area contributed by atoms with Gasteiger partial charge in [0.1, 0.15) is 6.04 Å². The summed E-state index contributed by atoms with van der Waals surface area (Å²) < 4.78 is 0. The number of amides is 1. The maximum atomic E-state index is 10.7. The summed E-state index contributed by atoms with van der Waals surface area (Å²) in [4.78, 5) is 21.3. The molecule has 0 aliphatic carbocycles. The topological polar surface area (TPSA) is 66.4 Å². The van der Waals surface area contributed by atoms with Crippen LogP contribution in [0.2, 0.25) is 0 Å². The van der Waals surface area contributed by atoms with Gasteiger partial charge in [0.25, 0.3) is 0 Å². The van der Waals surface area contributed by atoms with Crippen LogP contribution in [0.1, 0.15) is 6.92 Å². The second kappa shape index (κ2) is 7.99. The summed E-state index contributed by atoms with van der Waals surface area (Å²) in [6.45, 7) is 1.32. The molecule has 82 valence electrons. The Morgan fingerprint density at radius 2 is 2.07 bits per heavy atom. The third-order valence-corrected chi connectivity index (χ3v) is 3.32. The van der Waals surface area contributed by atoms with Gasteiger partial charge in [-0.25, -0.2) is 4.79 Å². The highest BCUT2D eigenvalue weighted by atomic mass is 32.2. The number of carboxylic acids is 1. The predicted molar refractivity (Wildman–Crippen MR) is 60.9 cm³/mol. The van der Waals surface area contributed by atoms with Gasteiger partial charge < -0.3 is 10.4 Å². The highest BCUT2D eigenvalue weighted by Gasteiger charge is 2.17. The van der Waals surface area contributed by atoms with Crippen LogP contribution in [0.3, 0.4) is 0 Å². The van der Waals surface area contributed by atoms with E-state index in [9.17, 15) is 9.59 Å². The Morgan fingerprint density at radius 1 is 1.43 bits per heavy atom. The zero-order chi connectivity index (χ0) is 11.0. The van der Waals surface area contributed by atoms with Crippen LogP contribution in [0, 0.1) is 0 Å². The van der Waals surface area contributed by atoms with Gasteiger partial charge in [0.05, 0.1) is 0 Å². The molecule has 0 bridgehead atoms. The molecule has 0 aromatic heterocycles. The Balaban J connectivity index is 3.74. The van der Waals surface area contributed by atoms with Crippen molar-refractivity contribution in [2.45, 2.75) is 13.0 Å². The van der Waals surface area contributed by atoms with E-state index < -0.39 is 12.0 Å². The van der Waals surface area contributed by atoms with E-state index in [1.165, 1.54) is 18.7 Å². The molecule has 0 fully saturated rings. The third kappa shape index (κ3) is 7.08. The maximum Gasteiger partial charge on any atom is 0.327 e. The lowest BCUT2D eigenvalue weighted by atomic mass is 10.3. The van der Waals surface area contributed by atoms with Gasteiger partial charge in [-0.15, -0.1) is 0 Å². The molecule has 0 aliphatic rings. The molecule has 0 saturated heterocycles. The minimum Gasteiger partial charge on any atom is -0.480 e. The van der Waals surface area contributed by atoms with Crippen molar-refractivity contribution in [3.8, 4) is 0 Å². The molecule has 0 heterocycles. The van der Waals surface area contributed by atoms with Gasteiger partial charge in [0.15, 0.2) is 0 Å². The van der Waals surface area contributed by atoms with E-state index in [2.05, 4.69) is 5.32 Å². The molecule has 0 aliphatic heterocycles. The monoisotopic (exact) mass is 237 g/mol. The second-order valence-corrected chi connectivity index (χ2v) is 4.79. The van der Waals surface area contributed by atoms with E-state index in [1.54, 1.807) is 11.8 Å². The van der Waals surface area contributed by atoms with E-state index in [0.29, 0.717) is 5.75 Å². The third-order valence-electron chi connectivity index (χ3n) is 1.39. The summed E-state index contributed by atoms with van der Waals surface area (Å²) in [5.74, 6) is 1.05. The van der Waals surface area contributed by atoms with Gasteiger partial charge in [0, 0.05) is 24.2 Å². The van der Waals surface area contributed by atoms with Gasteiger partial charge in [-0.05, 0) is 6.26 Å². The number of nitrogens with one attached hydrogen (secondary N) is 1. The molecular formula is C8H15NO3S2. The van der Waals surface area contributed by atoms with Gasteiger partial charge in [-0.2, -0.15) is 23.5 Å². The largest absolute Gasteiger partial charge is 0.480 e. The fourth-order valence-electron chi connectivity index (χ4n) is 0.763. The van der Waals surface area contributed by atoms with Crippen molar-refractivity contribution in [3.05, 3.63) is 0 Å². The van der Waals surface area contributed by atoms with Gasteiger partial charge in [-0.1, -0.05) is 0 Å². The zero-order valence-corrected chi connectivity index (χ0v) is 9.91. The molecule has 0 aromatic rings. The Bertz CT molecular complexity index is 199. The highest BCUT2D eigenvalue weighted by molar-refractivity contribution is 8.02. The van der Waals surface area contributed by atoms with Crippen LogP contribution in [0.4, 0.5) is 0 Å². The Hall–Kier alpha value is -0.360. The van der Waals surface area contributed by atoms with Crippen molar-refractivity contribution < 1.29 is 14.7 Å². The van der Waals surface area contributed by atoms with Crippen LogP contribution in [-0.4, -0.2) is 46.5 Å². The number of carbonyl (C=O) groups excluding carboxylic acids is 1. The number of carbonyl (C=O) groups is 2. The van der Waals surface area contributed by atoms with E-state index in [1.807, 2.05) is 6.26 Å². The van der Waals surface area contributed by atoms with E-state index in [-0.39, 0.29) is 5.91 Å². The van der Waals surface area contributed by atoms with Crippen LogP contribution < -0.4 is 5.32 Å². The lowest BCUT2D eigenvalue weighted by Crippen LogP contribution is -2.41. The van der Waals surface area contributed by atoms with Crippen molar-refractivity contribution in [1.29, 1.82) is 0 Å². The fourth-order valence-corrected chi connectivity index (χ4v) is 2.53. The molecule has 2 N–H and O–H groups in total. The van der Waals surface area contributed by atoms with E-state index in [4.69, 9.17) is 5.11 Å². The smallest absolute Gasteiger partial charge is 0.327 e. The summed E-state index contributed by atoms with van der Waals surface area (Å²) >= 11 is 3.26. The minimum atomic E-state index is -0.975. The Morgan fingerprint density at radius 3 is 2.50 bits per heavy atom. The van der Waals surface area contributed by atoms with Crippen molar-refractivity contribution in [2.75, 3.05) is 23.5 Å². The SMILES string of the molecule is CSCCSC[C@H](NC(C)=O)C(=O)O. The molecule has 0 aromatic carbocycles. The van der Waals surface area contributed by atoms with Crippen LogP contribution in [-0.2, 0) is 9.59 Å². The number of thioether (sulfide) groups is 2. The summed E-state index contributed by atoms with van der Waals surface area (Å²) in [7, 11) is 0. The minimum absolute atomic E-state index is 0.303. The fraction of sp³-hybridized carbons (Fsp3) is 0.750. The number of aliphatic carboxylic acids is 1. The quantitative estimate of drug-likeness (QED) is 0.637. The second-order valence-electron chi connectivity index (χ2n) is 2.66. The summed E-state index contributed by atoms with van der Waals surface area (Å²) in [6, 6.07) is -0.764. The number of hydrogen-bond donors (Lipinski definition) is 2. The molecule has 1 amide bonds. The molecule has 0 radical (unpaired) electrons. The molecule has 1 atom stereocenters. The predicted octanol–water partition coefficient (Wildman–Crippen LogP) is 0.672. The van der Waals surface area contributed by atoms with Gasteiger partial charge in [0.2, 0.25) is 5.91 Å². The lowest BCUT2D eigenvalue weighted by molar-refractivity contribution is -0.140. The first-order valence-electron chi connectivity index (χ1n) is 4.14. The van der Waals surface area contributed by atoms with Crippen molar-refractivity contribution >= 4 is 35.4 Å². The Kier molecular flexibility index (Phi) is 7.78. The first-order chi connectivity index (χ1) is 6.57. The van der Waals surface area contributed by atoms with Crippen molar-refractivity contribution in [1.82, 2.24) is 5.32 Å². The highest BCUT2D eigenvalue weighted by Crippen LogP contribution is 2.06.